The summed E-state index contributed by atoms with van der Waals surface area (Å²) in [4.78, 5) is 15.5. The summed E-state index contributed by atoms with van der Waals surface area (Å²) >= 11 is 0. The topological polar surface area (TPSA) is 58.4 Å². The molecule has 4 nitrogen and oxygen atoms in total. The Morgan fingerprint density at radius 1 is 1.04 bits per heavy atom. The molecule has 1 aliphatic heterocycles. The molecular weight excluding hydrogens is 393 g/mol. The van der Waals surface area contributed by atoms with E-state index >= 15 is 0 Å². The number of rotatable bonds is 4. The lowest BCUT2D eigenvalue weighted by Crippen LogP contribution is -2.55. The predicted octanol–water partition coefficient (Wildman–Crippen LogP) is 3.76. The van der Waals surface area contributed by atoms with Gasteiger partial charge >= 0.3 is 0 Å². The van der Waals surface area contributed by atoms with Crippen LogP contribution in [0, 0.1) is 17.8 Å². The lowest BCUT2D eigenvalue weighted by Gasteiger charge is -2.46. The van der Waals surface area contributed by atoms with Crippen molar-refractivity contribution in [2.45, 2.75) is 63.6 Å². The fourth-order valence-corrected chi connectivity index (χ4v) is 5.56. The first-order chi connectivity index (χ1) is 12.7. The zero-order chi connectivity index (χ0) is 17.9. The molecule has 0 radical (unpaired) electrons. The van der Waals surface area contributed by atoms with E-state index in [9.17, 15) is 4.79 Å². The molecule has 1 aromatic rings. The molecule has 2 bridgehead atoms. The molecule has 2 saturated carbocycles. The molecule has 158 valence electrons. The number of amides is 1. The molecule has 1 amide bonds. The quantitative estimate of drug-likeness (QED) is 0.768. The Labute approximate surface area is 181 Å². The van der Waals surface area contributed by atoms with Gasteiger partial charge in [0.1, 0.15) is 0 Å². The van der Waals surface area contributed by atoms with Crippen molar-refractivity contribution in [2.24, 2.45) is 23.5 Å². The van der Waals surface area contributed by atoms with Crippen LogP contribution in [0.5, 0.6) is 0 Å². The highest BCUT2D eigenvalue weighted by atomic mass is 35.5. The third-order valence-electron chi connectivity index (χ3n) is 6.81. The number of nitrogens with zero attached hydrogens (tertiary/aromatic N) is 1. The zero-order valence-corrected chi connectivity index (χ0v) is 18.2. The van der Waals surface area contributed by atoms with Crippen molar-refractivity contribution in [3.63, 3.8) is 0 Å². The molecule has 6 heteroatoms. The molecule has 3 aliphatic rings. The van der Waals surface area contributed by atoms with Crippen LogP contribution in [0.3, 0.4) is 0 Å². The van der Waals surface area contributed by atoms with Crippen LogP contribution in [0.2, 0.25) is 0 Å². The molecule has 4 rings (SSSR count). The molecule has 0 aromatic heterocycles. The van der Waals surface area contributed by atoms with Gasteiger partial charge in [-0.3, -0.25) is 9.69 Å². The molecule has 1 saturated heterocycles. The van der Waals surface area contributed by atoms with Crippen molar-refractivity contribution in [1.29, 1.82) is 0 Å². The third kappa shape index (κ3) is 5.63. The highest BCUT2D eigenvalue weighted by molar-refractivity contribution is 5.85. The molecule has 3 N–H and O–H groups in total. The van der Waals surface area contributed by atoms with Crippen LogP contribution < -0.4 is 11.1 Å². The van der Waals surface area contributed by atoms with Gasteiger partial charge in [0.25, 0.3) is 0 Å². The van der Waals surface area contributed by atoms with E-state index in [1.807, 2.05) is 0 Å². The van der Waals surface area contributed by atoms with E-state index in [-0.39, 0.29) is 30.7 Å². The Balaban J connectivity index is 0.00000140. The number of hydrogen-bond donors (Lipinski definition) is 2. The van der Waals surface area contributed by atoms with Crippen LogP contribution >= 0.6 is 24.8 Å². The number of piperidine rings is 1. The third-order valence-corrected chi connectivity index (χ3v) is 6.81. The maximum absolute atomic E-state index is 13.0. The second-order valence-corrected chi connectivity index (χ2v) is 8.78. The van der Waals surface area contributed by atoms with Crippen molar-refractivity contribution in [3.05, 3.63) is 35.9 Å². The van der Waals surface area contributed by atoms with E-state index < -0.39 is 0 Å². The van der Waals surface area contributed by atoms with Crippen LogP contribution in [-0.2, 0) is 11.3 Å². The Kier molecular flexibility index (Phi) is 9.07. The van der Waals surface area contributed by atoms with Gasteiger partial charge in [-0.1, -0.05) is 36.8 Å². The second-order valence-electron chi connectivity index (χ2n) is 8.78. The Morgan fingerprint density at radius 2 is 1.71 bits per heavy atom. The fraction of sp³-hybridized carbons (Fsp3) is 0.682. The first-order valence-electron chi connectivity index (χ1n) is 10.5. The molecule has 3 unspecified atom stereocenters. The Bertz CT molecular complexity index is 601. The number of likely N-dealkylation sites (tertiary alicyclic amines) is 1. The van der Waals surface area contributed by atoms with Crippen LogP contribution in [0.25, 0.3) is 0 Å². The van der Waals surface area contributed by atoms with Gasteiger partial charge in [-0.25, -0.2) is 0 Å². The van der Waals surface area contributed by atoms with Gasteiger partial charge in [0.15, 0.2) is 0 Å². The van der Waals surface area contributed by atoms with Crippen molar-refractivity contribution >= 4 is 30.7 Å². The van der Waals surface area contributed by atoms with Crippen molar-refractivity contribution in [3.8, 4) is 0 Å². The smallest absolute Gasteiger partial charge is 0.224 e. The highest BCUT2D eigenvalue weighted by Crippen LogP contribution is 2.39. The number of fused-ring (bicyclic) bond motifs is 2. The molecule has 1 aromatic carbocycles. The zero-order valence-electron chi connectivity index (χ0n) is 16.6. The predicted molar refractivity (Wildman–Crippen MR) is 119 cm³/mol. The van der Waals surface area contributed by atoms with Gasteiger partial charge in [-0.15, -0.1) is 24.8 Å². The van der Waals surface area contributed by atoms with Gasteiger partial charge in [-0.2, -0.15) is 0 Å². The molecular formula is C22H35Cl2N3O. The number of carbonyl (C=O) groups is 1. The first-order valence-corrected chi connectivity index (χ1v) is 10.5. The van der Waals surface area contributed by atoms with Gasteiger partial charge in [0, 0.05) is 25.2 Å². The van der Waals surface area contributed by atoms with Gasteiger partial charge in [0.05, 0.1) is 5.92 Å². The summed E-state index contributed by atoms with van der Waals surface area (Å²) in [6, 6.07) is 11.3. The van der Waals surface area contributed by atoms with E-state index in [0.717, 1.165) is 45.3 Å². The lowest BCUT2D eigenvalue weighted by molar-refractivity contribution is -0.129. The molecule has 3 atom stereocenters. The average molecular weight is 428 g/mol. The van der Waals surface area contributed by atoms with Crippen molar-refractivity contribution in [1.82, 2.24) is 10.2 Å². The van der Waals surface area contributed by atoms with Gasteiger partial charge in [-0.05, 0) is 62.5 Å². The summed E-state index contributed by atoms with van der Waals surface area (Å²) in [5.41, 5.74) is 7.57. The summed E-state index contributed by atoms with van der Waals surface area (Å²) in [5, 5.41) is 3.47. The number of benzene rings is 1. The Morgan fingerprint density at radius 3 is 2.39 bits per heavy atom. The van der Waals surface area contributed by atoms with Crippen molar-refractivity contribution < 1.29 is 4.79 Å². The lowest BCUT2D eigenvalue weighted by atomic mass is 9.67. The van der Waals surface area contributed by atoms with Crippen LogP contribution in [-0.4, -0.2) is 36.0 Å². The first kappa shape index (κ1) is 23.5. The maximum atomic E-state index is 13.0. The molecule has 2 aliphatic carbocycles. The minimum Gasteiger partial charge on any atom is -0.353 e. The average Bonchev–Trinajstić information content (AvgIpc) is 2.63. The number of nitrogens with two attached hydrogens (primary N) is 1. The molecule has 28 heavy (non-hydrogen) atoms. The summed E-state index contributed by atoms with van der Waals surface area (Å²) < 4.78 is 0. The summed E-state index contributed by atoms with van der Waals surface area (Å²) in [7, 11) is 0. The molecule has 1 heterocycles. The monoisotopic (exact) mass is 427 g/mol. The SMILES string of the molecule is Cl.Cl.NC1CC2CCCC(C1)C2NC(=O)C1CCCN(Cc2ccccc2)C1. The summed E-state index contributed by atoms with van der Waals surface area (Å²) in [5.74, 6) is 1.64. The van der Waals surface area contributed by atoms with Crippen LogP contribution in [0.1, 0.15) is 50.5 Å². The number of hydrogen-bond acceptors (Lipinski definition) is 3. The van der Waals surface area contributed by atoms with E-state index in [2.05, 4.69) is 40.5 Å². The van der Waals surface area contributed by atoms with E-state index in [0.29, 0.717) is 29.8 Å². The maximum Gasteiger partial charge on any atom is 0.224 e. The van der Waals surface area contributed by atoms with E-state index in [1.54, 1.807) is 0 Å². The molecule has 3 fully saturated rings. The number of carbonyl (C=O) groups excluding carboxylic acids is 1. The van der Waals surface area contributed by atoms with Gasteiger partial charge < -0.3 is 11.1 Å². The number of nitrogens with one attached hydrogen (secondary N) is 1. The van der Waals surface area contributed by atoms with E-state index in [1.165, 1.54) is 24.8 Å². The van der Waals surface area contributed by atoms with Gasteiger partial charge in [0.2, 0.25) is 5.91 Å². The van der Waals surface area contributed by atoms with Crippen molar-refractivity contribution in [2.75, 3.05) is 13.1 Å². The van der Waals surface area contributed by atoms with Crippen LogP contribution in [0.15, 0.2) is 30.3 Å². The summed E-state index contributed by atoms with van der Waals surface area (Å²) in [6.45, 7) is 2.94. The number of halogens is 2. The summed E-state index contributed by atoms with van der Waals surface area (Å²) in [6.07, 6.45) is 8.10. The fourth-order valence-electron chi connectivity index (χ4n) is 5.56. The van der Waals surface area contributed by atoms with Crippen LogP contribution in [0.4, 0.5) is 0 Å². The Hall–Kier alpha value is -0.810. The highest BCUT2D eigenvalue weighted by Gasteiger charge is 2.40. The minimum atomic E-state index is 0. The van der Waals surface area contributed by atoms with E-state index in [4.69, 9.17) is 5.73 Å². The minimum absolute atomic E-state index is 0. The largest absolute Gasteiger partial charge is 0.353 e. The normalized spacial score (nSPS) is 32.5. The molecule has 0 spiro atoms. The second kappa shape index (κ2) is 10.8. The standard InChI is InChI=1S/C22H33N3O.2ClH/c23-20-12-17-8-4-9-18(13-20)21(17)24-22(26)19-10-5-11-25(15-19)14-16-6-2-1-3-7-16;;/h1-3,6-7,17-21H,4-5,8-15,23H2,(H,24,26);2*1H.